The van der Waals surface area contributed by atoms with Gasteiger partial charge in [-0.1, -0.05) is 18.5 Å². The van der Waals surface area contributed by atoms with E-state index in [-0.39, 0.29) is 17.5 Å². The van der Waals surface area contributed by atoms with Gasteiger partial charge in [0.25, 0.3) is 5.91 Å². The Morgan fingerprint density at radius 2 is 2.32 bits per heavy atom. The molecular weight excluding hydrogens is 284 g/mol. The van der Waals surface area contributed by atoms with Crippen LogP contribution >= 0.6 is 22.9 Å². The molecule has 2 aromatic rings. The van der Waals surface area contributed by atoms with Crippen molar-refractivity contribution in [2.24, 2.45) is 0 Å². The minimum Gasteiger partial charge on any atom is -0.350 e. The lowest BCUT2D eigenvalue weighted by atomic mass is 10.2. The van der Waals surface area contributed by atoms with Crippen LogP contribution in [0.5, 0.6) is 0 Å². The molecule has 0 fully saturated rings. The third-order valence-corrected chi connectivity index (χ3v) is 4.37. The number of halogens is 1. The maximum atomic E-state index is 11.9. The number of aromatic amines is 1. The number of carbonyl (C=O) groups excluding carboxylic acids is 1. The summed E-state index contributed by atoms with van der Waals surface area (Å²) in [6.07, 6.45) is 0. The third-order valence-electron chi connectivity index (χ3n) is 2.71. The van der Waals surface area contributed by atoms with E-state index in [4.69, 9.17) is 11.6 Å². The molecule has 1 amide bonds. The number of aryl methyl sites for hydroxylation is 2. The monoisotopic (exact) mass is 298 g/mol. The van der Waals surface area contributed by atoms with Crippen LogP contribution in [0.2, 0.25) is 5.02 Å². The molecule has 2 aromatic heterocycles. The average Bonchev–Trinajstić information content (AvgIpc) is 2.94. The first kappa shape index (κ1) is 14.0. The molecule has 5 nitrogen and oxygen atoms in total. The van der Waals surface area contributed by atoms with Gasteiger partial charge in [0.15, 0.2) is 5.69 Å². The number of aromatic nitrogens is 3. The van der Waals surface area contributed by atoms with Crippen molar-refractivity contribution in [3.05, 3.63) is 32.5 Å². The molecule has 0 radical (unpaired) electrons. The van der Waals surface area contributed by atoms with Crippen molar-refractivity contribution < 1.29 is 4.79 Å². The number of hydrogen-bond acceptors (Lipinski definition) is 4. The van der Waals surface area contributed by atoms with E-state index >= 15 is 0 Å². The number of amides is 1. The van der Waals surface area contributed by atoms with E-state index in [0.29, 0.717) is 17.3 Å². The summed E-state index contributed by atoms with van der Waals surface area (Å²) in [6.45, 7) is 6.26. The van der Waals surface area contributed by atoms with Crippen molar-refractivity contribution in [2.75, 3.05) is 6.54 Å². The van der Waals surface area contributed by atoms with Gasteiger partial charge in [-0.3, -0.25) is 9.89 Å². The van der Waals surface area contributed by atoms with Crippen molar-refractivity contribution >= 4 is 28.8 Å². The average molecular weight is 299 g/mol. The predicted octanol–water partition coefficient (Wildman–Crippen LogP) is 2.67. The lowest BCUT2D eigenvalue weighted by Crippen LogP contribution is -2.28. The smallest absolute Gasteiger partial charge is 0.273 e. The second-order valence-electron chi connectivity index (χ2n) is 4.45. The van der Waals surface area contributed by atoms with Gasteiger partial charge >= 0.3 is 0 Å². The molecule has 2 heterocycles. The fraction of sp³-hybridized carbons (Fsp3) is 0.417. The number of thiazole rings is 1. The summed E-state index contributed by atoms with van der Waals surface area (Å²) < 4.78 is 0. The molecule has 0 aliphatic carbocycles. The lowest BCUT2D eigenvalue weighted by Gasteiger charge is -2.09. The van der Waals surface area contributed by atoms with Gasteiger partial charge in [-0.25, -0.2) is 4.98 Å². The van der Waals surface area contributed by atoms with Crippen LogP contribution in [-0.4, -0.2) is 27.6 Å². The van der Waals surface area contributed by atoms with Crippen molar-refractivity contribution in [1.82, 2.24) is 20.5 Å². The number of nitrogens with one attached hydrogen (secondary N) is 2. The molecule has 0 aliphatic rings. The largest absolute Gasteiger partial charge is 0.350 e. The fourth-order valence-electron chi connectivity index (χ4n) is 1.58. The van der Waals surface area contributed by atoms with Crippen molar-refractivity contribution in [3.8, 4) is 0 Å². The van der Waals surface area contributed by atoms with E-state index < -0.39 is 0 Å². The van der Waals surface area contributed by atoms with Gasteiger partial charge in [0, 0.05) is 23.5 Å². The van der Waals surface area contributed by atoms with E-state index in [0.717, 1.165) is 10.7 Å². The van der Waals surface area contributed by atoms with Gasteiger partial charge in [0.2, 0.25) is 0 Å². The Bertz CT molecular complexity index is 592. The molecule has 0 saturated carbocycles. The minimum atomic E-state index is -0.269. The summed E-state index contributed by atoms with van der Waals surface area (Å²) in [5.74, 6) is -0.101. The van der Waals surface area contributed by atoms with Crippen LogP contribution in [0.1, 0.15) is 39.7 Å². The van der Waals surface area contributed by atoms with Crippen LogP contribution in [-0.2, 0) is 0 Å². The highest BCUT2D eigenvalue weighted by atomic mass is 35.5. The van der Waals surface area contributed by atoms with E-state index in [2.05, 4.69) is 20.5 Å². The van der Waals surface area contributed by atoms with Crippen molar-refractivity contribution in [2.45, 2.75) is 26.7 Å². The fourth-order valence-corrected chi connectivity index (χ4v) is 2.61. The summed E-state index contributed by atoms with van der Waals surface area (Å²) in [5, 5.41) is 12.8. The van der Waals surface area contributed by atoms with Crippen molar-refractivity contribution in [1.29, 1.82) is 0 Å². The molecule has 0 aliphatic heterocycles. The molecule has 2 N–H and O–H groups in total. The van der Waals surface area contributed by atoms with E-state index in [9.17, 15) is 4.79 Å². The summed E-state index contributed by atoms with van der Waals surface area (Å²) in [7, 11) is 0. The Kier molecular flexibility index (Phi) is 4.21. The van der Waals surface area contributed by atoms with Gasteiger partial charge in [0.1, 0.15) is 0 Å². The molecule has 1 unspecified atom stereocenters. The number of hydrogen-bond donors (Lipinski definition) is 2. The van der Waals surface area contributed by atoms with E-state index in [1.54, 1.807) is 18.3 Å². The Morgan fingerprint density at radius 3 is 2.84 bits per heavy atom. The highest BCUT2D eigenvalue weighted by Gasteiger charge is 2.17. The minimum absolute atomic E-state index is 0.168. The number of H-pyrrole nitrogens is 1. The van der Waals surface area contributed by atoms with Crippen LogP contribution in [0.4, 0.5) is 0 Å². The first-order valence-electron chi connectivity index (χ1n) is 5.89. The van der Waals surface area contributed by atoms with Gasteiger partial charge in [-0.2, -0.15) is 5.10 Å². The number of rotatable bonds is 4. The van der Waals surface area contributed by atoms with Crippen LogP contribution < -0.4 is 5.32 Å². The van der Waals surface area contributed by atoms with E-state index in [1.807, 2.05) is 19.2 Å². The lowest BCUT2D eigenvalue weighted by molar-refractivity contribution is 0.0947. The predicted molar refractivity (Wildman–Crippen MR) is 75.9 cm³/mol. The Morgan fingerprint density at radius 1 is 1.58 bits per heavy atom. The zero-order valence-electron chi connectivity index (χ0n) is 11.0. The molecule has 2 rings (SSSR count). The SMILES string of the molecule is Cc1csc(C(C)CNC(=O)c2n[nH]c(C)c2Cl)n1. The molecule has 19 heavy (non-hydrogen) atoms. The highest BCUT2D eigenvalue weighted by Crippen LogP contribution is 2.20. The normalized spacial score (nSPS) is 12.4. The number of nitrogens with zero attached hydrogens (tertiary/aromatic N) is 2. The van der Waals surface area contributed by atoms with Gasteiger partial charge in [-0.15, -0.1) is 11.3 Å². The summed E-state index contributed by atoms with van der Waals surface area (Å²) >= 11 is 7.58. The molecule has 0 aromatic carbocycles. The van der Waals surface area contributed by atoms with Crippen molar-refractivity contribution in [3.63, 3.8) is 0 Å². The molecule has 102 valence electrons. The summed E-state index contributed by atoms with van der Waals surface area (Å²) in [4.78, 5) is 16.3. The molecular formula is C12H15ClN4OS. The van der Waals surface area contributed by atoms with Crippen LogP contribution in [0.3, 0.4) is 0 Å². The second-order valence-corrected chi connectivity index (χ2v) is 5.72. The standard InChI is InChI=1S/C12H15ClN4OS/c1-6(12-15-7(2)5-19-12)4-14-11(18)10-9(13)8(3)16-17-10/h5-6H,4H2,1-3H3,(H,14,18)(H,16,17). The second kappa shape index (κ2) is 5.71. The zero-order chi connectivity index (χ0) is 14.0. The van der Waals surface area contributed by atoms with Crippen LogP contribution in [0.25, 0.3) is 0 Å². The van der Waals surface area contributed by atoms with Gasteiger partial charge in [-0.05, 0) is 13.8 Å². The maximum Gasteiger partial charge on any atom is 0.273 e. The Hall–Kier alpha value is -1.40. The van der Waals surface area contributed by atoms with Crippen LogP contribution in [0.15, 0.2) is 5.38 Å². The molecule has 7 heteroatoms. The van der Waals surface area contributed by atoms with Gasteiger partial charge in [0.05, 0.1) is 15.7 Å². The molecule has 0 saturated heterocycles. The molecule has 1 atom stereocenters. The third kappa shape index (κ3) is 3.13. The summed E-state index contributed by atoms with van der Waals surface area (Å²) in [5.41, 5.74) is 1.93. The first-order chi connectivity index (χ1) is 8.99. The van der Waals surface area contributed by atoms with Crippen LogP contribution in [0, 0.1) is 13.8 Å². The zero-order valence-corrected chi connectivity index (χ0v) is 12.5. The molecule has 0 bridgehead atoms. The summed E-state index contributed by atoms with van der Waals surface area (Å²) in [6, 6.07) is 0. The van der Waals surface area contributed by atoms with Gasteiger partial charge < -0.3 is 5.32 Å². The topological polar surface area (TPSA) is 70.7 Å². The highest BCUT2D eigenvalue weighted by molar-refractivity contribution is 7.09. The first-order valence-corrected chi connectivity index (χ1v) is 7.15. The molecule has 0 spiro atoms. The van der Waals surface area contributed by atoms with E-state index in [1.165, 1.54) is 0 Å². The quantitative estimate of drug-likeness (QED) is 0.911. The Labute approximate surface area is 120 Å². The Balaban J connectivity index is 1.95. The maximum absolute atomic E-state index is 11.9. The number of carbonyl (C=O) groups is 1.